The lowest BCUT2D eigenvalue weighted by atomic mass is 10.1. The number of nitriles is 1. The van der Waals surface area contributed by atoms with E-state index in [2.05, 4.69) is 5.32 Å². The number of hydrogen-bond donors (Lipinski definition) is 1. The van der Waals surface area contributed by atoms with Crippen LogP contribution in [-0.4, -0.2) is 5.91 Å². The first-order chi connectivity index (χ1) is 10.0. The van der Waals surface area contributed by atoms with Crippen molar-refractivity contribution < 1.29 is 9.21 Å². The van der Waals surface area contributed by atoms with Gasteiger partial charge in [-0.25, -0.2) is 0 Å². The molecule has 5 heteroatoms. The van der Waals surface area contributed by atoms with Gasteiger partial charge in [-0.3, -0.25) is 4.79 Å². The Bertz CT molecular complexity index is 754. The second kappa shape index (κ2) is 6.59. The number of nitrogens with zero attached hydrogens (tertiary/aromatic N) is 1. The number of hydrogen-bond acceptors (Lipinski definition) is 3. The number of nitrogens with one attached hydrogen (secondary N) is 1. The van der Waals surface area contributed by atoms with Gasteiger partial charge in [0.15, 0.2) is 3.77 Å². The van der Waals surface area contributed by atoms with Crippen molar-refractivity contribution >= 4 is 40.3 Å². The van der Waals surface area contributed by atoms with Gasteiger partial charge in [0.2, 0.25) is 0 Å². The minimum absolute atomic E-state index is 0.00153. The topological polar surface area (TPSA) is 66.0 Å². The molecular weight excluding hydrogens is 379 g/mol. The zero-order valence-corrected chi connectivity index (χ0v) is 13.8. The highest BCUT2D eigenvalue weighted by Gasteiger charge is 2.12. The molecule has 1 aromatic carbocycles. The Kier molecular flexibility index (Phi) is 4.81. The highest BCUT2D eigenvalue weighted by molar-refractivity contribution is 14.1. The lowest BCUT2D eigenvalue weighted by Crippen LogP contribution is -2.14. The van der Waals surface area contributed by atoms with Crippen LogP contribution in [0.4, 0.5) is 5.69 Å². The summed E-state index contributed by atoms with van der Waals surface area (Å²) in [5.41, 5.74) is 2.77. The Hall–Kier alpha value is -2.07. The summed E-state index contributed by atoms with van der Waals surface area (Å²) in [7, 11) is 0. The zero-order chi connectivity index (χ0) is 15.4. The molecule has 1 N–H and O–H groups in total. The molecule has 4 nitrogen and oxygen atoms in total. The van der Waals surface area contributed by atoms with Gasteiger partial charge in [0.1, 0.15) is 17.4 Å². The summed E-state index contributed by atoms with van der Waals surface area (Å²) in [5, 5.41) is 11.9. The molecule has 0 saturated carbocycles. The normalized spacial score (nSPS) is 11.0. The fourth-order valence-electron chi connectivity index (χ4n) is 1.77. The van der Waals surface area contributed by atoms with Crippen molar-refractivity contribution in [1.29, 1.82) is 5.26 Å². The van der Waals surface area contributed by atoms with E-state index >= 15 is 0 Å². The maximum atomic E-state index is 12.2. The van der Waals surface area contributed by atoms with E-state index in [0.29, 0.717) is 15.2 Å². The van der Waals surface area contributed by atoms with Gasteiger partial charge in [-0.2, -0.15) is 5.26 Å². The molecule has 0 spiro atoms. The molecule has 0 aliphatic heterocycles. The van der Waals surface area contributed by atoms with Gasteiger partial charge in [-0.05, 0) is 65.8 Å². The van der Waals surface area contributed by atoms with E-state index in [4.69, 9.17) is 9.68 Å². The Morgan fingerprint density at radius 2 is 2.10 bits per heavy atom. The lowest BCUT2D eigenvalue weighted by molar-refractivity contribution is -0.112. The molecule has 1 aromatic heterocycles. The molecule has 106 valence electrons. The Balaban J connectivity index is 2.24. The van der Waals surface area contributed by atoms with Crippen molar-refractivity contribution in [3.63, 3.8) is 0 Å². The SMILES string of the molecule is Cc1cccc(NC(=O)/C(C#N)=C\c2ccc(I)o2)c1C. The predicted molar refractivity (Wildman–Crippen MR) is 89.6 cm³/mol. The minimum Gasteiger partial charge on any atom is -0.451 e. The molecule has 0 fully saturated rings. The Labute approximate surface area is 136 Å². The van der Waals surface area contributed by atoms with Gasteiger partial charge in [-0.15, -0.1) is 0 Å². The van der Waals surface area contributed by atoms with Crippen LogP contribution in [0.2, 0.25) is 0 Å². The van der Waals surface area contributed by atoms with E-state index in [0.717, 1.165) is 11.1 Å². The van der Waals surface area contributed by atoms with Crippen molar-refractivity contribution in [1.82, 2.24) is 0 Å². The minimum atomic E-state index is -0.447. The quantitative estimate of drug-likeness (QED) is 0.487. The van der Waals surface area contributed by atoms with Gasteiger partial charge < -0.3 is 9.73 Å². The molecule has 2 rings (SSSR count). The predicted octanol–water partition coefficient (Wildman–Crippen LogP) is 4.05. The van der Waals surface area contributed by atoms with E-state index < -0.39 is 5.91 Å². The largest absolute Gasteiger partial charge is 0.451 e. The van der Waals surface area contributed by atoms with Crippen LogP contribution in [0.15, 0.2) is 40.3 Å². The highest BCUT2D eigenvalue weighted by atomic mass is 127. The summed E-state index contributed by atoms with van der Waals surface area (Å²) in [6, 6.07) is 11.0. The maximum Gasteiger partial charge on any atom is 0.266 e. The van der Waals surface area contributed by atoms with Crippen LogP contribution in [0.5, 0.6) is 0 Å². The van der Waals surface area contributed by atoms with Crippen molar-refractivity contribution in [3.05, 3.63) is 56.6 Å². The molecular formula is C16H13IN2O2. The van der Waals surface area contributed by atoms with Gasteiger partial charge in [0.05, 0.1) is 0 Å². The molecule has 0 saturated heterocycles. The molecule has 0 aliphatic carbocycles. The first-order valence-electron chi connectivity index (χ1n) is 6.26. The molecule has 1 heterocycles. The summed E-state index contributed by atoms with van der Waals surface area (Å²) < 4.78 is 6.04. The van der Waals surface area contributed by atoms with Crippen molar-refractivity contribution in [2.75, 3.05) is 5.32 Å². The van der Waals surface area contributed by atoms with Crippen LogP contribution >= 0.6 is 22.6 Å². The number of rotatable bonds is 3. The average molecular weight is 392 g/mol. The molecule has 0 bridgehead atoms. The van der Waals surface area contributed by atoms with Gasteiger partial charge >= 0.3 is 0 Å². The molecule has 0 aliphatic rings. The molecule has 0 atom stereocenters. The van der Waals surface area contributed by atoms with Gasteiger partial charge in [-0.1, -0.05) is 12.1 Å². The van der Waals surface area contributed by atoms with Crippen LogP contribution in [0, 0.1) is 28.9 Å². The number of furan rings is 1. The number of amides is 1. The monoisotopic (exact) mass is 392 g/mol. The molecule has 0 radical (unpaired) electrons. The van der Waals surface area contributed by atoms with Crippen LogP contribution in [0.1, 0.15) is 16.9 Å². The van der Waals surface area contributed by atoms with Crippen LogP contribution < -0.4 is 5.32 Å². The fraction of sp³-hybridized carbons (Fsp3) is 0.125. The van der Waals surface area contributed by atoms with Gasteiger partial charge in [0.25, 0.3) is 5.91 Å². The Morgan fingerprint density at radius 3 is 2.71 bits per heavy atom. The summed E-state index contributed by atoms with van der Waals surface area (Å²) >= 11 is 2.02. The number of aryl methyl sites for hydroxylation is 1. The third-order valence-electron chi connectivity index (χ3n) is 3.10. The smallest absolute Gasteiger partial charge is 0.266 e. The maximum absolute atomic E-state index is 12.2. The summed E-state index contributed by atoms with van der Waals surface area (Å²) in [6.45, 7) is 3.90. The van der Waals surface area contributed by atoms with Crippen LogP contribution in [0.25, 0.3) is 6.08 Å². The third-order valence-corrected chi connectivity index (χ3v) is 3.68. The molecule has 1 amide bonds. The highest BCUT2D eigenvalue weighted by Crippen LogP contribution is 2.19. The Morgan fingerprint density at radius 1 is 1.33 bits per heavy atom. The summed E-state index contributed by atoms with van der Waals surface area (Å²) in [4.78, 5) is 12.2. The van der Waals surface area contributed by atoms with Crippen molar-refractivity contribution in [3.8, 4) is 6.07 Å². The van der Waals surface area contributed by atoms with E-state index in [9.17, 15) is 4.79 Å². The van der Waals surface area contributed by atoms with E-state index in [1.165, 1.54) is 6.08 Å². The molecule has 2 aromatic rings. The first-order valence-corrected chi connectivity index (χ1v) is 7.34. The van der Waals surface area contributed by atoms with E-state index in [1.807, 2.05) is 60.7 Å². The number of benzene rings is 1. The molecule has 21 heavy (non-hydrogen) atoms. The number of carbonyl (C=O) groups excluding carboxylic acids is 1. The average Bonchev–Trinajstić information content (AvgIpc) is 2.86. The summed E-state index contributed by atoms with van der Waals surface area (Å²) in [6.07, 6.45) is 1.43. The molecule has 0 unspecified atom stereocenters. The number of carbonyl (C=O) groups is 1. The fourth-order valence-corrected chi connectivity index (χ4v) is 2.21. The second-order valence-corrected chi connectivity index (χ2v) is 5.58. The lowest BCUT2D eigenvalue weighted by Gasteiger charge is -2.09. The zero-order valence-electron chi connectivity index (χ0n) is 11.6. The van der Waals surface area contributed by atoms with Crippen molar-refractivity contribution in [2.45, 2.75) is 13.8 Å². The van der Waals surface area contributed by atoms with Crippen LogP contribution in [-0.2, 0) is 4.79 Å². The number of halogens is 1. The first kappa shape index (κ1) is 15.3. The van der Waals surface area contributed by atoms with Crippen LogP contribution in [0.3, 0.4) is 0 Å². The number of anilines is 1. The third kappa shape index (κ3) is 3.73. The summed E-state index contributed by atoms with van der Waals surface area (Å²) in [5.74, 6) is 0.0321. The van der Waals surface area contributed by atoms with E-state index in [1.54, 1.807) is 12.1 Å². The van der Waals surface area contributed by atoms with E-state index in [-0.39, 0.29) is 5.57 Å². The second-order valence-electron chi connectivity index (χ2n) is 4.51. The van der Waals surface area contributed by atoms with Gasteiger partial charge in [0, 0.05) is 11.8 Å². The van der Waals surface area contributed by atoms with Crippen molar-refractivity contribution in [2.24, 2.45) is 0 Å². The standard InChI is InChI=1S/C16H13IN2O2/c1-10-4-3-5-14(11(10)2)19-16(20)12(9-18)8-13-6-7-15(17)21-13/h3-8H,1-2H3,(H,19,20)/b12-8-.